The van der Waals surface area contributed by atoms with Gasteiger partial charge in [0, 0.05) is 11.6 Å². The third kappa shape index (κ3) is 3.78. The first-order chi connectivity index (χ1) is 15.6. The number of hydrogen-bond acceptors (Lipinski definition) is 7. The van der Waals surface area contributed by atoms with E-state index in [0.717, 1.165) is 4.90 Å². The molecule has 1 aliphatic rings. The zero-order valence-corrected chi connectivity index (χ0v) is 17.9. The minimum Gasteiger partial charge on any atom is -0.497 e. The van der Waals surface area contributed by atoms with Gasteiger partial charge in [0.05, 0.1) is 45.4 Å². The molecule has 8 nitrogen and oxygen atoms in total. The highest BCUT2D eigenvalue weighted by Crippen LogP contribution is 2.38. The van der Waals surface area contributed by atoms with Crippen molar-refractivity contribution in [2.75, 3.05) is 26.6 Å². The SMILES string of the molecule is COc1ccc(NC2=C(c3ccccc3OC)C(=O)N(Cc3ccco3)C2=O)c(OC)c1. The van der Waals surface area contributed by atoms with Crippen LogP contribution in [0.25, 0.3) is 5.57 Å². The van der Waals surface area contributed by atoms with Crippen molar-refractivity contribution in [3.05, 3.63) is 77.9 Å². The number of carbonyl (C=O) groups is 2. The molecule has 32 heavy (non-hydrogen) atoms. The van der Waals surface area contributed by atoms with Crippen LogP contribution >= 0.6 is 0 Å². The molecule has 0 aliphatic carbocycles. The molecule has 1 aliphatic heterocycles. The second kappa shape index (κ2) is 8.89. The van der Waals surface area contributed by atoms with Crippen molar-refractivity contribution in [3.63, 3.8) is 0 Å². The number of carbonyl (C=O) groups excluding carboxylic acids is 2. The van der Waals surface area contributed by atoms with Crippen molar-refractivity contribution in [1.82, 2.24) is 4.90 Å². The lowest BCUT2D eigenvalue weighted by atomic mass is 10.0. The summed E-state index contributed by atoms with van der Waals surface area (Å²) in [5.41, 5.74) is 1.34. The maximum Gasteiger partial charge on any atom is 0.278 e. The second-order valence-corrected chi connectivity index (χ2v) is 6.92. The van der Waals surface area contributed by atoms with Crippen LogP contribution in [0.4, 0.5) is 5.69 Å². The lowest BCUT2D eigenvalue weighted by molar-refractivity contribution is -0.137. The molecule has 2 heterocycles. The Balaban J connectivity index is 1.81. The summed E-state index contributed by atoms with van der Waals surface area (Å²) in [6, 6.07) is 15.6. The molecular formula is C24H22N2O6. The van der Waals surface area contributed by atoms with Crippen LogP contribution in [0.15, 0.2) is 71.0 Å². The Hall–Kier alpha value is -4.20. The largest absolute Gasteiger partial charge is 0.497 e. The number of methoxy groups -OCH3 is 3. The molecule has 164 valence electrons. The Bertz CT molecular complexity index is 1180. The average molecular weight is 434 g/mol. The highest BCUT2D eigenvalue weighted by atomic mass is 16.5. The van der Waals surface area contributed by atoms with Gasteiger partial charge in [0.1, 0.15) is 28.7 Å². The molecule has 0 radical (unpaired) electrons. The van der Waals surface area contributed by atoms with Gasteiger partial charge in [-0.1, -0.05) is 18.2 Å². The van der Waals surface area contributed by atoms with E-state index >= 15 is 0 Å². The van der Waals surface area contributed by atoms with E-state index in [0.29, 0.717) is 34.3 Å². The number of ether oxygens (including phenoxy) is 3. The Morgan fingerprint density at radius 1 is 0.875 bits per heavy atom. The molecule has 0 bridgehead atoms. The normalized spacial score (nSPS) is 13.5. The summed E-state index contributed by atoms with van der Waals surface area (Å²) in [5, 5.41) is 3.10. The zero-order valence-electron chi connectivity index (χ0n) is 17.9. The van der Waals surface area contributed by atoms with Crippen LogP contribution in [0.5, 0.6) is 17.2 Å². The first-order valence-electron chi connectivity index (χ1n) is 9.82. The van der Waals surface area contributed by atoms with E-state index in [9.17, 15) is 9.59 Å². The number of nitrogens with zero attached hydrogens (tertiary/aromatic N) is 1. The molecule has 1 N–H and O–H groups in total. The van der Waals surface area contributed by atoms with Gasteiger partial charge in [0.15, 0.2) is 0 Å². The van der Waals surface area contributed by atoms with Crippen molar-refractivity contribution < 1.29 is 28.2 Å². The summed E-state index contributed by atoms with van der Waals surface area (Å²) in [4.78, 5) is 28.0. The van der Waals surface area contributed by atoms with Gasteiger partial charge < -0.3 is 23.9 Å². The summed E-state index contributed by atoms with van der Waals surface area (Å²) < 4.78 is 21.5. The number of amides is 2. The van der Waals surface area contributed by atoms with Gasteiger partial charge in [-0.3, -0.25) is 14.5 Å². The molecule has 2 amide bonds. The van der Waals surface area contributed by atoms with E-state index in [-0.39, 0.29) is 17.8 Å². The predicted octanol–water partition coefficient (Wildman–Crippen LogP) is 3.70. The van der Waals surface area contributed by atoms with Gasteiger partial charge >= 0.3 is 0 Å². The molecule has 0 saturated heterocycles. The third-order valence-electron chi connectivity index (χ3n) is 5.11. The van der Waals surface area contributed by atoms with Crippen LogP contribution in [-0.4, -0.2) is 38.0 Å². The smallest absolute Gasteiger partial charge is 0.278 e. The standard InChI is InChI=1S/C24H22N2O6/c1-29-15-10-11-18(20(13-15)31-3)25-22-21(17-8-4-5-9-19(17)30-2)23(27)26(24(22)28)14-16-7-6-12-32-16/h4-13,25H,14H2,1-3H3. The fourth-order valence-corrected chi connectivity index (χ4v) is 3.53. The quantitative estimate of drug-likeness (QED) is 0.541. The third-order valence-corrected chi connectivity index (χ3v) is 5.11. The van der Waals surface area contributed by atoms with Gasteiger partial charge in [-0.2, -0.15) is 0 Å². The van der Waals surface area contributed by atoms with Gasteiger partial charge in [-0.05, 0) is 30.3 Å². The highest BCUT2D eigenvalue weighted by Gasteiger charge is 2.40. The summed E-state index contributed by atoms with van der Waals surface area (Å²) in [6.45, 7) is 0.00818. The highest BCUT2D eigenvalue weighted by molar-refractivity contribution is 6.37. The topological polar surface area (TPSA) is 90.2 Å². The summed E-state index contributed by atoms with van der Waals surface area (Å²) in [7, 11) is 4.58. The molecule has 8 heteroatoms. The monoisotopic (exact) mass is 434 g/mol. The predicted molar refractivity (Wildman–Crippen MR) is 117 cm³/mol. The van der Waals surface area contributed by atoms with E-state index < -0.39 is 11.8 Å². The maximum atomic E-state index is 13.4. The number of nitrogens with one attached hydrogen (secondary N) is 1. The molecule has 0 atom stereocenters. The number of rotatable bonds is 8. The van der Waals surface area contributed by atoms with Crippen LogP contribution in [0, 0.1) is 0 Å². The van der Waals surface area contributed by atoms with Crippen molar-refractivity contribution in [3.8, 4) is 17.2 Å². The van der Waals surface area contributed by atoms with E-state index in [4.69, 9.17) is 18.6 Å². The van der Waals surface area contributed by atoms with Crippen LogP contribution in [-0.2, 0) is 16.1 Å². The van der Waals surface area contributed by atoms with Crippen LogP contribution in [0.3, 0.4) is 0 Å². The first-order valence-corrected chi connectivity index (χ1v) is 9.82. The average Bonchev–Trinajstić information content (AvgIpc) is 3.42. The lowest BCUT2D eigenvalue weighted by Crippen LogP contribution is -2.31. The number of furan rings is 1. The van der Waals surface area contributed by atoms with Crippen LogP contribution < -0.4 is 19.5 Å². The van der Waals surface area contributed by atoms with Crippen molar-refractivity contribution in [2.24, 2.45) is 0 Å². The van der Waals surface area contributed by atoms with Crippen molar-refractivity contribution in [1.29, 1.82) is 0 Å². The summed E-state index contributed by atoms with van der Waals surface area (Å²) in [6.07, 6.45) is 1.50. The minimum absolute atomic E-state index is 0.00818. The molecule has 0 unspecified atom stereocenters. The van der Waals surface area contributed by atoms with Crippen molar-refractivity contribution in [2.45, 2.75) is 6.54 Å². The zero-order chi connectivity index (χ0) is 22.7. The molecule has 0 spiro atoms. The van der Waals surface area contributed by atoms with Crippen LogP contribution in [0.1, 0.15) is 11.3 Å². The molecule has 2 aromatic carbocycles. The molecule has 0 saturated carbocycles. The molecule has 0 fully saturated rings. The molecule has 3 aromatic rings. The minimum atomic E-state index is -0.481. The van der Waals surface area contributed by atoms with E-state index in [2.05, 4.69) is 5.32 Å². The second-order valence-electron chi connectivity index (χ2n) is 6.92. The van der Waals surface area contributed by atoms with Gasteiger partial charge in [0.2, 0.25) is 0 Å². The van der Waals surface area contributed by atoms with E-state index in [1.807, 2.05) is 0 Å². The fourth-order valence-electron chi connectivity index (χ4n) is 3.53. The number of imide groups is 1. The number of benzene rings is 2. The summed E-state index contributed by atoms with van der Waals surface area (Å²) in [5.74, 6) is 1.09. The fraction of sp³-hybridized carbons (Fsp3) is 0.167. The Kier molecular flexibility index (Phi) is 5.85. The lowest BCUT2D eigenvalue weighted by Gasteiger charge is -2.15. The van der Waals surface area contributed by atoms with Gasteiger partial charge in [-0.25, -0.2) is 0 Å². The maximum absolute atomic E-state index is 13.4. The van der Waals surface area contributed by atoms with Crippen LogP contribution in [0.2, 0.25) is 0 Å². The van der Waals surface area contributed by atoms with E-state index in [1.54, 1.807) is 61.7 Å². The van der Waals surface area contributed by atoms with Gasteiger partial charge in [-0.15, -0.1) is 0 Å². The van der Waals surface area contributed by atoms with Gasteiger partial charge in [0.25, 0.3) is 11.8 Å². The molecular weight excluding hydrogens is 412 g/mol. The Morgan fingerprint density at radius 2 is 1.66 bits per heavy atom. The number of hydrogen-bond donors (Lipinski definition) is 1. The molecule has 4 rings (SSSR count). The van der Waals surface area contributed by atoms with E-state index in [1.165, 1.54) is 20.5 Å². The number of para-hydroxylation sites is 1. The Labute approximate surface area is 185 Å². The van der Waals surface area contributed by atoms with Crippen molar-refractivity contribution >= 4 is 23.1 Å². The first kappa shape index (κ1) is 21.0. The Morgan fingerprint density at radius 3 is 2.34 bits per heavy atom. The molecule has 1 aromatic heterocycles. The summed E-state index contributed by atoms with van der Waals surface area (Å²) >= 11 is 0. The number of anilines is 1.